The fourth-order valence-corrected chi connectivity index (χ4v) is 2.92. The molecule has 0 saturated carbocycles. The minimum atomic E-state index is -4.51. The van der Waals surface area contributed by atoms with Crippen molar-refractivity contribution in [1.29, 1.82) is 0 Å². The summed E-state index contributed by atoms with van der Waals surface area (Å²) in [4.78, 5) is 11.7. The van der Waals surface area contributed by atoms with Crippen LogP contribution in [0.4, 0.5) is 23.2 Å². The Kier molecular flexibility index (Phi) is 5.73. The highest BCUT2D eigenvalue weighted by Crippen LogP contribution is 2.27. The van der Waals surface area contributed by atoms with Gasteiger partial charge in [-0.25, -0.2) is 4.39 Å². The lowest BCUT2D eigenvalue weighted by molar-refractivity contribution is -0.174. The molecule has 0 spiro atoms. The lowest BCUT2D eigenvalue weighted by atomic mass is 10.1. The molecular formula is C17H18F4N4O2. The second kappa shape index (κ2) is 8.03. The Labute approximate surface area is 152 Å². The predicted octanol–water partition coefficient (Wildman–Crippen LogP) is 3.33. The Morgan fingerprint density at radius 2 is 2.04 bits per heavy atom. The molecule has 1 aromatic heterocycles. The first kappa shape index (κ1) is 19.3. The first-order chi connectivity index (χ1) is 12.8. The molecule has 1 N–H and O–H groups in total. The number of hydrogen-bond acceptors (Lipinski definition) is 4. The molecule has 2 heterocycles. The van der Waals surface area contributed by atoms with Crippen molar-refractivity contribution < 1.29 is 27.1 Å². The number of rotatable bonds is 5. The van der Waals surface area contributed by atoms with E-state index in [-0.39, 0.29) is 11.3 Å². The number of carbonyl (C=O) groups is 1. The Balaban J connectivity index is 1.74. The SMILES string of the molecule is O=C(COCC(F)(F)F)Nc1ccc(F)c(-c2nnc3n2CCCCC3)c1. The molecule has 6 nitrogen and oxygen atoms in total. The predicted molar refractivity (Wildman–Crippen MR) is 88.5 cm³/mol. The summed E-state index contributed by atoms with van der Waals surface area (Å²) in [6.45, 7) is -1.59. The fourth-order valence-electron chi connectivity index (χ4n) is 2.92. The zero-order chi connectivity index (χ0) is 19.4. The molecule has 0 saturated heterocycles. The van der Waals surface area contributed by atoms with Crippen LogP contribution in [0.5, 0.6) is 0 Å². The smallest absolute Gasteiger partial charge is 0.362 e. The summed E-state index contributed by atoms with van der Waals surface area (Å²) >= 11 is 0. The van der Waals surface area contributed by atoms with Crippen LogP contribution in [0.3, 0.4) is 0 Å². The van der Waals surface area contributed by atoms with Crippen molar-refractivity contribution in [3.8, 4) is 11.4 Å². The Morgan fingerprint density at radius 3 is 2.81 bits per heavy atom. The quantitative estimate of drug-likeness (QED) is 0.801. The van der Waals surface area contributed by atoms with Crippen LogP contribution in [-0.2, 0) is 22.5 Å². The second-order valence-electron chi connectivity index (χ2n) is 6.25. The van der Waals surface area contributed by atoms with E-state index >= 15 is 0 Å². The van der Waals surface area contributed by atoms with Crippen molar-refractivity contribution >= 4 is 11.6 Å². The summed E-state index contributed by atoms with van der Waals surface area (Å²) in [7, 11) is 0. The highest BCUT2D eigenvalue weighted by atomic mass is 19.4. The minimum absolute atomic E-state index is 0.171. The number of halogens is 4. The van der Waals surface area contributed by atoms with Crippen LogP contribution in [0, 0.1) is 5.82 Å². The van der Waals surface area contributed by atoms with Gasteiger partial charge in [-0.1, -0.05) is 6.42 Å². The van der Waals surface area contributed by atoms with Crippen molar-refractivity contribution in [2.45, 2.75) is 38.4 Å². The average Bonchev–Trinajstić information content (AvgIpc) is 2.83. The molecule has 1 aromatic carbocycles. The molecular weight excluding hydrogens is 368 g/mol. The zero-order valence-corrected chi connectivity index (χ0v) is 14.4. The van der Waals surface area contributed by atoms with Gasteiger partial charge >= 0.3 is 6.18 Å². The Morgan fingerprint density at radius 1 is 1.22 bits per heavy atom. The van der Waals surface area contributed by atoms with E-state index in [0.717, 1.165) is 31.5 Å². The van der Waals surface area contributed by atoms with E-state index in [0.29, 0.717) is 12.4 Å². The molecule has 146 valence electrons. The molecule has 10 heteroatoms. The first-order valence-electron chi connectivity index (χ1n) is 8.50. The van der Waals surface area contributed by atoms with Gasteiger partial charge in [0.15, 0.2) is 5.82 Å². The molecule has 0 atom stereocenters. The maximum atomic E-state index is 14.3. The highest BCUT2D eigenvalue weighted by Gasteiger charge is 2.27. The number of amides is 1. The molecule has 0 aliphatic carbocycles. The van der Waals surface area contributed by atoms with Gasteiger partial charge in [0.2, 0.25) is 5.91 Å². The van der Waals surface area contributed by atoms with Crippen LogP contribution >= 0.6 is 0 Å². The van der Waals surface area contributed by atoms with Crippen LogP contribution in [0.15, 0.2) is 18.2 Å². The minimum Gasteiger partial charge on any atom is -0.362 e. The van der Waals surface area contributed by atoms with Crippen LogP contribution < -0.4 is 5.32 Å². The number of aromatic nitrogens is 3. The van der Waals surface area contributed by atoms with Gasteiger partial charge in [-0.05, 0) is 31.0 Å². The van der Waals surface area contributed by atoms with Gasteiger partial charge < -0.3 is 14.6 Å². The zero-order valence-electron chi connectivity index (χ0n) is 14.4. The van der Waals surface area contributed by atoms with E-state index in [9.17, 15) is 22.4 Å². The van der Waals surface area contributed by atoms with Crippen LogP contribution in [-0.4, -0.2) is 40.1 Å². The van der Waals surface area contributed by atoms with Crippen LogP contribution in [0.25, 0.3) is 11.4 Å². The first-order valence-corrected chi connectivity index (χ1v) is 8.50. The second-order valence-corrected chi connectivity index (χ2v) is 6.25. The largest absolute Gasteiger partial charge is 0.411 e. The third kappa shape index (κ3) is 5.03. The number of ether oxygens (including phenoxy) is 1. The molecule has 1 aliphatic rings. The standard InChI is InChI=1S/C17H18F4N4O2/c18-13-6-5-11(22-15(26)9-27-10-17(19,20)21)8-12(13)16-24-23-14-4-2-1-3-7-25(14)16/h5-6,8H,1-4,7,9-10H2,(H,22,26). The number of alkyl halides is 3. The molecule has 27 heavy (non-hydrogen) atoms. The van der Waals surface area contributed by atoms with Gasteiger partial charge in [-0.15, -0.1) is 10.2 Å². The van der Waals surface area contributed by atoms with Gasteiger partial charge in [0.05, 0.1) is 5.56 Å². The van der Waals surface area contributed by atoms with Crippen LogP contribution in [0.2, 0.25) is 0 Å². The fraction of sp³-hybridized carbons (Fsp3) is 0.471. The summed E-state index contributed by atoms with van der Waals surface area (Å²) < 4.78 is 56.6. The molecule has 3 rings (SSSR count). The van der Waals surface area contributed by atoms with Crippen molar-refractivity contribution in [2.75, 3.05) is 18.5 Å². The van der Waals surface area contributed by atoms with Gasteiger partial charge in [-0.3, -0.25) is 4.79 Å². The summed E-state index contributed by atoms with van der Waals surface area (Å²) in [6.07, 6.45) is -0.753. The van der Waals surface area contributed by atoms with E-state index in [1.165, 1.54) is 18.2 Å². The van der Waals surface area contributed by atoms with E-state index < -0.39 is 31.1 Å². The number of benzene rings is 1. The number of aryl methyl sites for hydroxylation is 1. The molecule has 0 fully saturated rings. The molecule has 0 unspecified atom stereocenters. The molecule has 1 amide bonds. The maximum absolute atomic E-state index is 14.3. The van der Waals surface area contributed by atoms with Gasteiger partial charge in [0, 0.05) is 18.7 Å². The molecule has 1 aliphatic heterocycles. The molecule has 2 aromatic rings. The lowest BCUT2D eigenvalue weighted by Crippen LogP contribution is -2.24. The maximum Gasteiger partial charge on any atom is 0.411 e. The number of hydrogen-bond donors (Lipinski definition) is 1. The normalized spacial score (nSPS) is 14.5. The average molecular weight is 386 g/mol. The van der Waals surface area contributed by atoms with Crippen LogP contribution in [0.1, 0.15) is 25.1 Å². The topological polar surface area (TPSA) is 69.0 Å². The molecule has 0 radical (unpaired) electrons. The van der Waals surface area contributed by atoms with E-state index in [1.54, 1.807) is 0 Å². The summed E-state index contributed by atoms with van der Waals surface area (Å²) in [5, 5.41) is 10.6. The number of fused-ring (bicyclic) bond motifs is 1. The van der Waals surface area contributed by atoms with Crippen molar-refractivity contribution in [3.05, 3.63) is 29.8 Å². The summed E-state index contributed by atoms with van der Waals surface area (Å²) in [5.41, 5.74) is 0.405. The third-order valence-electron chi connectivity index (χ3n) is 4.10. The van der Waals surface area contributed by atoms with Crippen molar-refractivity contribution in [3.63, 3.8) is 0 Å². The number of nitrogens with one attached hydrogen (secondary N) is 1. The van der Waals surface area contributed by atoms with Gasteiger partial charge in [0.1, 0.15) is 24.9 Å². The highest BCUT2D eigenvalue weighted by molar-refractivity contribution is 5.92. The van der Waals surface area contributed by atoms with Gasteiger partial charge in [-0.2, -0.15) is 13.2 Å². The van der Waals surface area contributed by atoms with E-state index in [2.05, 4.69) is 20.3 Å². The van der Waals surface area contributed by atoms with Crippen molar-refractivity contribution in [1.82, 2.24) is 14.8 Å². The number of nitrogens with zero attached hydrogens (tertiary/aromatic N) is 3. The van der Waals surface area contributed by atoms with Crippen molar-refractivity contribution in [2.24, 2.45) is 0 Å². The third-order valence-corrected chi connectivity index (χ3v) is 4.10. The Bertz CT molecular complexity index is 820. The Hall–Kier alpha value is -2.49. The van der Waals surface area contributed by atoms with Gasteiger partial charge in [0.25, 0.3) is 0 Å². The number of anilines is 1. The van der Waals surface area contributed by atoms with E-state index in [4.69, 9.17) is 0 Å². The number of carbonyl (C=O) groups excluding carboxylic acids is 1. The monoisotopic (exact) mass is 386 g/mol. The molecule has 0 bridgehead atoms. The summed E-state index contributed by atoms with van der Waals surface area (Å²) in [6, 6.07) is 3.87. The lowest BCUT2D eigenvalue weighted by Gasteiger charge is -2.11. The van der Waals surface area contributed by atoms with E-state index in [1.807, 2.05) is 4.57 Å². The summed E-state index contributed by atoms with van der Waals surface area (Å²) in [5.74, 6) is -0.136.